The lowest BCUT2D eigenvalue weighted by molar-refractivity contribution is 0.0957. The predicted molar refractivity (Wildman–Crippen MR) is 87.4 cm³/mol. The van der Waals surface area contributed by atoms with E-state index >= 15 is 0 Å². The maximum absolute atomic E-state index is 12.3. The second-order valence-corrected chi connectivity index (χ2v) is 4.97. The van der Waals surface area contributed by atoms with E-state index in [9.17, 15) is 4.79 Å². The summed E-state index contributed by atoms with van der Waals surface area (Å²) in [5, 5.41) is 4.97. The number of benzene rings is 3. The molecule has 21 heavy (non-hydrogen) atoms. The number of fused-ring (bicyclic) bond motifs is 1. The van der Waals surface area contributed by atoms with E-state index in [0.717, 1.165) is 27.5 Å². The largest absolute Gasteiger partial charge is 0.352 e. The molecule has 2 heteroatoms. The lowest BCUT2D eigenvalue weighted by Gasteiger charge is -2.10. The number of amides is 1. The molecule has 0 saturated heterocycles. The van der Waals surface area contributed by atoms with Crippen molar-refractivity contribution in [3.63, 3.8) is 0 Å². The molecule has 1 amide bonds. The highest BCUT2D eigenvalue weighted by atomic mass is 16.1. The zero-order valence-corrected chi connectivity index (χ0v) is 12.0. The zero-order valence-electron chi connectivity index (χ0n) is 12.0. The summed E-state index contributed by atoms with van der Waals surface area (Å²) in [6.45, 7) is 2.56. The highest BCUT2D eigenvalue weighted by molar-refractivity contribution is 6.08. The number of carbonyl (C=O) groups excluding carboxylic acids is 1. The topological polar surface area (TPSA) is 29.1 Å². The third-order valence-corrected chi connectivity index (χ3v) is 3.55. The van der Waals surface area contributed by atoms with Crippen LogP contribution in [0.1, 0.15) is 17.3 Å². The standard InChI is InChI=1S/C19H17NO/c1-2-20-19(21)18-13-16(14-8-4-3-5-9-14)12-15-10-6-7-11-17(15)18/h3-13H,2H2,1H3,(H,20,21). The molecule has 0 saturated carbocycles. The number of nitrogens with one attached hydrogen (secondary N) is 1. The summed E-state index contributed by atoms with van der Waals surface area (Å²) >= 11 is 0. The predicted octanol–water partition coefficient (Wildman–Crippen LogP) is 4.26. The van der Waals surface area contributed by atoms with Crippen molar-refractivity contribution in [1.29, 1.82) is 0 Å². The lowest BCUT2D eigenvalue weighted by Crippen LogP contribution is -2.22. The van der Waals surface area contributed by atoms with Crippen molar-refractivity contribution in [3.05, 3.63) is 72.3 Å². The van der Waals surface area contributed by atoms with Gasteiger partial charge in [-0.2, -0.15) is 0 Å². The summed E-state index contributed by atoms with van der Waals surface area (Å²) in [6, 6.07) is 22.3. The number of rotatable bonds is 3. The van der Waals surface area contributed by atoms with Crippen LogP contribution in [0.2, 0.25) is 0 Å². The number of hydrogen-bond donors (Lipinski definition) is 1. The van der Waals surface area contributed by atoms with Crippen molar-refractivity contribution in [1.82, 2.24) is 5.32 Å². The Kier molecular flexibility index (Phi) is 3.69. The van der Waals surface area contributed by atoms with E-state index in [2.05, 4.69) is 23.5 Å². The van der Waals surface area contributed by atoms with Crippen molar-refractivity contribution in [2.45, 2.75) is 6.92 Å². The van der Waals surface area contributed by atoms with E-state index in [1.54, 1.807) is 0 Å². The fourth-order valence-electron chi connectivity index (χ4n) is 2.55. The Morgan fingerprint density at radius 1 is 0.905 bits per heavy atom. The minimum atomic E-state index is -0.0218. The molecule has 3 aromatic carbocycles. The normalized spacial score (nSPS) is 10.5. The molecule has 0 aliphatic carbocycles. The molecule has 0 aromatic heterocycles. The third kappa shape index (κ3) is 2.65. The molecule has 0 heterocycles. The minimum Gasteiger partial charge on any atom is -0.352 e. The van der Waals surface area contributed by atoms with Gasteiger partial charge >= 0.3 is 0 Å². The van der Waals surface area contributed by atoms with Gasteiger partial charge in [0.2, 0.25) is 0 Å². The van der Waals surface area contributed by atoms with Crippen LogP contribution < -0.4 is 5.32 Å². The van der Waals surface area contributed by atoms with Gasteiger partial charge in [-0.1, -0.05) is 54.6 Å². The highest BCUT2D eigenvalue weighted by Crippen LogP contribution is 2.27. The second-order valence-electron chi connectivity index (χ2n) is 4.97. The number of hydrogen-bond acceptors (Lipinski definition) is 1. The van der Waals surface area contributed by atoms with E-state index in [1.807, 2.05) is 55.5 Å². The van der Waals surface area contributed by atoms with Crippen LogP contribution in [0, 0.1) is 0 Å². The first-order valence-corrected chi connectivity index (χ1v) is 7.16. The highest BCUT2D eigenvalue weighted by Gasteiger charge is 2.11. The van der Waals surface area contributed by atoms with Crippen LogP contribution in [-0.2, 0) is 0 Å². The molecule has 0 unspecified atom stereocenters. The fourth-order valence-corrected chi connectivity index (χ4v) is 2.55. The van der Waals surface area contributed by atoms with Crippen LogP contribution in [0.4, 0.5) is 0 Å². The van der Waals surface area contributed by atoms with Gasteiger partial charge in [-0.15, -0.1) is 0 Å². The smallest absolute Gasteiger partial charge is 0.251 e. The van der Waals surface area contributed by atoms with Crippen LogP contribution in [0.15, 0.2) is 66.7 Å². The minimum absolute atomic E-state index is 0.0218. The fraction of sp³-hybridized carbons (Fsp3) is 0.105. The molecule has 3 aromatic rings. The van der Waals surface area contributed by atoms with Crippen LogP contribution >= 0.6 is 0 Å². The monoisotopic (exact) mass is 275 g/mol. The van der Waals surface area contributed by atoms with Gasteiger partial charge in [0, 0.05) is 12.1 Å². The lowest BCUT2D eigenvalue weighted by atomic mass is 9.96. The molecule has 0 fully saturated rings. The Morgan fingerprint density at radius 3 is 2.38 bits per heavy atom. The van der Waals surface area contributed by atoms with E-state index in [4.69, 9.17) is 0 Å². The maximum Gasteiger partial charge on any atom is 0.251 e. The van der Waals surface area contributed by atoms with Gasteiger partial charge in [-0.25, -0.2) is 0 Å². The SMILES string of the molecule is CCNC(=O)c1cc(-c2ccccc2)cc2ccccc12. The molecule has 0 bridgehead atoms. The Bertz CT molecular complexity index is 778. The molecule has 0 aliphatic heterocycles. The van der Waals surface area contributed by atoms with Crippen molar-refractivity contribution >= 4 is 16.7 Å². The van der Waals surface area contributed by atoms with Gasteiger partial charge in [-0.3, -0.25) is 4.79 Å². The Morgan fingerprint density at radius 2 is 1.62 bits per heavy atom. The number of carbonyl (C=O) groups is 1. The zero-order chi connectivity index (χ0) is 14.7. The Balaban J connectivity index is 2.22. The molecular weight excluding hydrogens is 258 g/mol. The van der Waals surface area contributed by atoms with Gasteiger partial charge in [0.1, 0.15) is 0 Å². The van der Waals surface area contributed by atoms with Gasteiger partial charge < -0.3 is 5.32 Å². The summed E-state index contributed by atoms with van der Waals surface area (Å²) in [5.74, 6) is -0.0218. The maximum atomic E-state index is 12.3. The van der Waals surface area contributed by atoms with Gasteiger partial charge in [-0.05, 0) is 41.0 Å². The van der Waals surface area contributed by atoms with Gasteiger partial charge in [0.05, 0.1) is 0 Å². The molecule has 2 nitrogen and oxygen atoms in total. The Labute approximate surface area is 124 Å². The summed E-state index contributed by atoms with van der Waals surface area (Å²) in [6.07, 6.45) is 0. The Hall–Kier alpha value is -2.61. The average molecular weight is 275 g/mol. The van der Waals surface area contributed by atoms with Crippen LogP contribution in [0.25, 0.3) is 21.9 Å². The van der Waals surface area contributed by atoms with E-state index in [0.29, 0.717) is 6.54 Å². The molecule has 0 spiro atoms. The summed E-state index contributed by atoms with van der Waals surface area (Å²) in [5.41, 5.74) is 2.91. The first kappa shape index (κ1) is 13.4. The van der Waals surface area contributed by atoms with Gasteiger partial charge in [0.15, 0.2) is 0 Å². The summed E-state index contributed by atoms with van der Waals surface area (Å²) < 4.78 is 0. The quantitative estimate of drug-likeness (QED) is 0.760. The van der Waals surface area contributed by atoms with E-state index < -0.39 is 0 Å². The average Bonchev–Trinajstić information content (AvgIpc) is 2.55. The molecule has 104 valence electrons. The van der Waals surface area contributed by atoms with Crippen molar-refractivity contribution in [2.75, 3.05) is 6.54 Å². The molecule has 1 N–H and O–H groups in total. The first-order valence-electron chi connectivity index (χ1n) is 7.16. The van der Waals surface area contributed by atoms with Gasteiger partial charge in [0.25, 0.3) is 5.91 Å². The molecular formula is C19H17NO. The summed E-state index contributed by atoms with van der Waals surface area (Å²) in [7, 11) is 0. The summed E-state index contributed by atoms with van der Waals surface area (Å²) in [4.78, 5) is 12.3. The van der Waals surface area contributed by atoms with Crippen LogP contribution in [-0.4, -0.2) is 12.5 Å². The van der Waals surface area contributed by atoms with Crippen LogP contribution in [0.5, 0.6) is 0 Å². The van der Waals surface area contributed by atoms with Crippen molar-refractivity contribution < 1.29 is 4.79 Å². The molecule has 0 radical (unpaired) electrons. The molecule has 3 rings (SSSR count). The van der Waals surface area contributed by atoms with Crippen molar-refractivity contribution in [3.8, 4) is 11.1 Å². The van der Waals surface area contributed by atoms with Crippen LogP contribution in [0.3, 0.4) is 0 Å². The first-order chi connectivity index (χ1) is 10.3. The van der Waals surface area contributed by atoms with E-state index in [-0.39, 0.29) is 5.91 Å². The van der Waals surface area contributed by atoms with E-state index in [1.165, 1.54) is 0 Å². The molecule has 0 aliphatic rings. The third-order valence-electron chi connectivity index (χ3n) is 3.55. The van der Waals surface area contributed by atoms with Crippen molar-refractivity contribution in [2.24, 2.45) is 0 Å². The second kappa shape index (κ2) is 5.80. The molecule has 0 atom stereocenters.